The summed E-state index contributed by atoms with van der Waals surface area (Å²) in [6.45, 7) is 0.613. The first-order valence-corrected chi connectivity index (χ1v) is 9.76. The van der Waals surface area contributed by atoms with E-state index < -0.39 is 10.0 Å². The molecule has 1 fully saturated rings. The smallest absolute Gasteiger partial charge is 0.207 e. The van der Waals surface area contributed by atoms with Crippen molar-refractivity contribution in [3.63, 3.8) is 0 Å². The first-order chi connectivity index (χ1) is 10.1. The van der Waals surface area contributed by atoms with Crippen LogP contribution in [0.4, 0.5) is 0 Å². The van der Waals surface area contributed by atoms with Crippen LogP contribution in [0, 0.1) is 0 Å². The average Bonchev–Trinajstić information content (AvgIpc) is 2.54. The van der Waals surface area contributed by atoms with E-state index in [1.807, 2.05) is 36.4 Å². The number of nitrogens with zero attached hydrogens (tertiary/aromatic N) is 1. The quantitative estimate of drug-likeness (QED) is 0.774. The van der Waals surface area contributed by atoms with Crippen LogP contribution in [0.15, 0.2) is 47.4 Å². The van der Waals surface area contributed by atoms with Crippen molar-refractivity contribution < 1.29 is 8.42 Å². The van der Waals surface area contributed by atoms with Crippen LogP contribution in [0.1, 0.15) is 19.3 Å². The van der Waals surface area contributed by atoms with Crippen LogP contribution < -0.4 is 0 Å². The Morgan fingerprint density at radius 3 is 2.67 bits per heavy atom. The van der Waals surface area contributed by atoms with Crippen LogP contribution in [0.2, 0.25) is 0 Å². The highest BCUT2D eigenvalue weighted by Crippen LogP contribution is 2.30. The molecule has 0 aromatic heterocycles. The minimum Gasteiger partial charge on any atom is -0.207 e. The molecule has 21 heavy (non-hydrogen) atoms. The van der Waals surface area contributed by atoms with Crippen LogP contribution in [0.5, 0.6) is 0 Å². The summed E-state index contributed by atoms with van der Waals surface area (Å²) in [7, 11) is -3.45. The largest absolute Gasteiger partial charge is 0.243 e. The number of alkyl halides is 1. The van der Waals surface area contributed by atoms with Gasteiger partial charge in [0.2, 0.25) is 10.0 Å². The third-order valence-electron chi connectivity index (χ3n) is 4.09. The number of halogens is 1. The maximum absolute atomic E-state index is 13.1. The Hall–Kier alpha value is -0.910. The minimum absolute atomic E-state index is 0.0581. The molecule has 2 aromatic rings. The summed E-state index contributed by atoms with van der Waals surface area (Å²) < 4.78 is 27.8. The van der Waals surface area contributed by atoms with E-state index >= 15 is 0 Å². The van der Waals surface area contributed by atoms with E-state index in [9.17, 15) is 8.42 Å². The second-order valence-electron chi connectivity index (χ2n) is 5.40. The number of hydrogen-bond acceptors (Lipinski definition) is 2. The van der Waals surface area contributed by atoms with Crippen molar-refractivity contribution in [3.8, 4) is 0 Å². The van der Waals surface area contributed by atoms with Gasteiger partial charge < -0.3 is 0 Å². The van der Waals surface area contributed by atoms with E-state index in [1.165, 1.54) is 0 Å². The maximum Gasteiger partial charge on any atom is 0.243 e. The molecule has 1 aliphatic rings. The Morgan fingerprint density at radius 1 is 1.10 bits per heavy atom. The zero-order valence-corrected chi connectivity index (χ0v) is 14.1. The highest BCUT2D eigenvalue weighted by molar-refractivity contribution is 9.09. The second kappa shape index (κ2) is 6.07. The van der Waals surface area contributed by atoms with E-state index in [-0.39, 0.29) is 6.04 Å². The van der Waals surface area contributed by atoms with Crippen molar-refractivity contribution in [2.24, 2.45) is 0 Å². The molecule has 0 N–H and O–H groups in total. The molecule has 0 bridgehead atoms. The van der Waals surface area contributed by atoms with Crippen LogP contribution in [-0.4, -0.2) is 30.6 Å². The summed E-state index contributed by atoms with van der Waals surface area (Å²) >= 11 is 3.46. The van der Waals surface area contributed by atoms with Gasteiger partial charge in [-0.25, -0.2) is 8.42 Å². The molecule has 3 rings (SSSR count). The van der Waals surface area contributed by atoms with E-state index in [0.717, 1.165) is 30.0 Å². The molecule has 1 atom stereocenters. The molecule has 3 nitrogen and oxygen atoms in total. The summed E-state index contributed by atoms with van der Waals surface area (Å²) in [4.78, 5) is 0.424. The molecular weight excluding hydrogens is 350 g/mol. The number of piperidine rings is 1. The maximum atomic E-state index is 13.1. The number of rotatable bonds is 3. The second-order valence-corrected chi connectivity index (χ2v) is 7.90. The third kappa shape index (κ3) is 2.74. The number of fused-ring (bicyclic) bond motifs is 1. The van der Waals surface area contributed by atoms with Crippen molar-refractivity contribution in [1.29, 1.82) is 0 Å². The lowest BCUT2D eigenvalue weighted by Gasteiger charge is -2.33. The van der Waals surface area contributed by atoms with Crippen molar-refractivity contribution in [2.45, 2.75) is 30.2 Å². The fraction of sp³-hybridized carbons (Fsp3) is 0.375. The van der Waals surface area contributed by atoms with Crippen LogP contribution >= 0.6 is 15.9 Å². The first-order valence-electron chi connectivity index (χ1n) is 7.20. The molecule has 1 saturated heterocycles. The molecule has 0 spiro atoms. The van der Waals surface area contributed by atoms with Gasteiger partial charge in [0.1, 0.15) is 0 Å². The molecular formula is C16H18BrNO2S. The normalized spacial score (nSPS) is 20.7. The lowest BCUT2D eigenvalue weighted by molar-refractivity contribution is 0.274. The lowest BCUT2D eigenvalue weighted by atomic mass is 10.1. The molecule has 112 valence electrons. The standard InChI is InChI=1S/C16H18BrNO2S/c17-12-14-8-3-4-11-18(14)21(19,20)16-10-5-7-13-6-1-2-9-15(13)16/h1-2,5-7,9-10,14H,3-4,8,11-12H2. The molecule has 1 unspecified atom stereocenters. The molecule has 5 heteroatoms. The zero-order valence-electron chi connectivity index (χ0n) is 11.7. The Kier molecular flexibility index (Phi) is 4.33. The average molecular weight is 368 g/mol. The van der Waals surface area contributed by atoms with E-state index in [0.29, 0.717) is 16.8 Å². The monoisotopic (exact) mass is 367 g/mol. The summed E-state index contributed by atoms with van der Waals surface area (Å²) in [5.41, 5.74) is 0. The van der Waals surface area contributed by atoms with Crippen molar-refractivity contribution in [2.75, 3.05) is 11.9 Å². The Balaban J connectivity index is 2.12. The predicted molar refractivity (Wildman–Crippen MR) is 89.3 cm³/mol. The Labute approximate surface area is 134 Å². The van der Waals surface area contributed by atoms with Crippen LogP contribution in [0.3, 0.4) is 0 Å². The molecule has 0 aliphatic carbocycles. The summed E-state index contributed by atoms with van der Waals surface area (Å²) in [5, 5.41) is 2.46. The Bertz CT molecular complexity index is 740. The number of hydrogen-bond donors (Lipinski definition) is 0. The van der Waals surface area contributed by atoms with Crippen molar-refractivity contribution >= 4 is 36.7 Å². The van der Waals surface area contributed by atoms with Gasteiger partial charge in [-0.15, -0.1) is 0 Å². The highest BCUT2D eigenvalue weighted by atomic mass is 79.9. The van der Waals surface area contributed by atoms with E-state index in [1.54, 1.807) is 10.4 Å². The fourth-order valence-electron chi connectivity index (χ4n) is 2.99. The van der Waals surface area contributed by atoms with Gasteiger partial charge >= 0.3 is 0 Å². The van der Waals surface area contributed by atoms with Gasteiger partial charge in [0.05, 0.1) is 4.90 Å². The first kappa shape index (κ1) is 15.0. The van der Waals surface area contributed by atoms with Crippen molar-refractivity contribution in [1.82, 2.24) is 4.31 Å². The Morgan fingerprint density at radius 2 is 1.86 bits per heavy atom. The zero-order chi connectivity index (χ0) is 14.9. The molecule has 0 saturated carbocycles. The highest BCUT2D eigenvalue weighted by Gasteiger charge is 2.33. The van der Waals surface area contributed by atoms with Crippen molar-refractivity contribution in [3.05, 3.63) is 42.5 Å². The van der Waals surface area contributed by atoms with Gasteiger partial charge in [0.15, 0.2) is 0 Å². The molecule has 0 amide bonds. The third-order valence-corrected chi connectivity index (χ3v) is 6.84. The minimum atomic E-state index is -3.45. The fourth-order valence-corrected chi connectivity index (χ4v) is 5.77. The van der Waals surface area contributed by atoms with Gasteiger partial charge in [-0.05, 0) is 24.3 Å². The van der Waals surface area contributed by atoms with Crippen LogP contribution in [-0.2, 0) is 10.0 Å². The summed E-state index contributed by atoms with van der Waals surface area (Å²) in [6.07, 6.45) is 2.96. The molecule has 2 aromatic carbocycles. The number of benzene rings is 2. The van der Waals surface area contributed by atoms with Gasteiger partial charge in [0, 0.05) is 23.3 Å². The van der Waals surface area contributed by atoms with Gasteiger partial charge in [-0.3, -0.25) is 0 Å². The topological polar surface area (TPSA) is 37.4 Å². The van der Waals surface area contributed by atoms with E-state index in [4.69, 9.17) is 0 Å². The number of sulfonamides is 1. The summed E-state index contributed by atoms with van der Waals surface area (Å²) in [5.74, 6) is 0. The van der Waals surface area contributed by atoms with Gasteiger partial charge in [-0.2, -0.15) is 4.31 Å². The lowest BCUT2D eigenvalue weighted by Crippen LogP contribution is -2.44. The van der Waals surface area contributed by atoms with E-state index in [2.05, 4.69) is 15.9 Å². The SMILES string of the molecule is O=S(=O)(c1cccc2ccccc12)N1CCCCC1CBr. The molecule has 0 radical (unpaired) electrons. The predicted octanol–water partition coefficient (Wildman–Crippen LogP) is 3.78. The van der Waals surface area contributed by atoms with Gasteiger partial charge in [0.25, 0.3) is 0 Å². The van der Waals surface area contributed by atoms with Gasteiger partial charge in [-0.1, -0.05) is 58.7 Å². The molecule has 1 heterocycles. The molecule has 1 aliphatic heterocycles. The van der Waals surface area contributed by atoms with Crippen LogP contribution in [0.25, 0.3) is 10.8 Å². The summed E-state index contributed by atoms with van der Waals surface area (Å²) in [6, 6.07) is 13.2.